The van der Waals surface area contributed by atoms with E-state index in [0.717, 1.165) is 22.9 Å². The number of benzene rings is 2. The molecule has 0 radical (unpaired) electrons. The smallest absolute Gasteiger partial charge is 0.261 e. The lowest BCUT2D eigenvalue weighted by Crippen LogP contribution is -2.39. The molecule has 0 aliphatic heterocycles. The maximum atomic E-state index is 12.8. The third-order valence-electron chi connectivity index (χ3n) is 4.51. The first-order valence-corrected chi connectivity index (χ1v) is 11.8. The molecule has 2 aromatic carbocycles. The van der Waals surface area contributed by atoms with Crippen molar-refractivity contribution >= 4 is 39.2 Å². The Hall–Kier alpha value is -2.32. The molecule has 0 atom stereocenters. The molecule has 0 saturated heterocycles. The van der Waals surface area contributed by atoms with Gasteiger partial charge in [0.1, 0.15) is 5.75 Å². The van der Waals surface area contributed by atoms with Gasteiger partial charge in [0.05, 0.1) is 25.9 Å². The molecule has 0 aliphatic carbocycles. The van der Waals surface area contributed by atoms with Crippen LogP contribution in [-0.2, 0) is 6.54 Å². The van der Waals surface area contributed by atoms with Gasteiger partial charge in [-0.3, -0.25) is 10.1 Å². The topological polar surface area (TPSA) is 68.8 Å². The van der Waals surface area contributed by atoms with Crippen molar-refractivity contribution in [3.05, 3.63) is 52.0 Å². The highest BCUT2D eigenvalue weighted by atomic mass is 79.9. The summed E-state index contributed by atoms with van der Waals surface area (Å²) >= 11 is 8.73. The first-order chi connectivity index (χ1) is 15.3. The Labute approximate surface area is 204 Å². The van der Waals surface area contributed by atoms with Crippen LogP contribution in [0.2, 0.25) is 0 Å². The molecule has 0 spiro atoms. The zero-order valence-electron chi connectivity index (χ0n) is 19.0. The molecular formula is C24H31BrN2O4S. The highest BCUT2D eigenvalue weighted by Gasteiger charge is 2.15. The van der Waals surface area contributed by atoms with E-state index in [2.05, 4.69) is 47.3 Å². The highest BCUT2D eigenvalue weighted by molar-refractivity contribution is 9.10. The zero-order chi connectivity index (χ0) is 23.5. The van der Waals surface area contributed by atoms with Crippen LogP contribution >= 0.6 is 28.1 Å². The molecule has 0 heterocycles. The van der Waals surface area contributed by atoms with Gasteiger partial charge in [0, 0.05) is 11.0 Å². The number of ether oxygens (including phenoxy) is 3. The molecule has 0 bridgehead atoms. The van der Waals surface area contributed by atoms with E-state index in [1.807, 2.05) is 24.3 Å². The molecule has 0 aromatic heterocycles. The Morgan fingerprint density at radius 1 is 1.06 bits per heavy atom. The van der Waals surface area contributed by atoms with E-state index < -0.39 is 0 Å². The number of amides is 1. The fourth-order valence-electron chi connectivity index (χ4n) is 2.76. The molecule has 2 N–H and O–H groups in total. The third kappa shape index (κ3) is 8.31. The summed E-state index contributed by atoms with van der Waals surface area (Å²) in [6.07, 6.45) is 1.83. The summed E-state index contributed by atoms with van der Waals surface area (Å²) in [5.74, 6) is 2.08. The predicted molar refractivity (Wildman–Crippen MR) is 135 cm³/mol. The van der Waals surface area contributed by atoms with Gasteiger partial charge in [-0.05, 0) is 66.9 Å². The van der Waals surface area contributed by atoms with E-state index in [9.17, 15) is 4.79 Å². The molecule has 1 amide bonds. The number of hydrogen-bond donors (Lipinski definition) is 2. The number of carbonyl (C=O) groups excluding carboxylic acids is 1. The minimum Gasteiger partial charge on any atom is -0.493 e. The number of carbonyl (C=O) groups is 1. The summed E-state index contributed by atoms with van der Waals surface area (Å²) in [5.41, 5.74) is 1.37. The van der Waals surface area contributed by atoms with Gasteiger partial charge < -0.3 is 19.5 Å². The lowest BCUT2D eigenvalue weighted by atomic mass is 10.1. The van der Waals surface area contributed by atoms with Crippen LogP contribution in [0.4, 0.5) is 0 Å². The van der Waals surface area contributed by atoms with Crippen molar-refractivity contribution in [1.82, 2.24) is 10.6 Å². The zero-order valence-corrected chi connectivity index (χ0v) is 21.4. The monoisotopic (exact) mass is 522 g/mol. The molecule has 6 nitrogen and oxygen atoms in total. The minimum atomic E-state index is -0.329. The quantitative estimate of drug-likeness (QED) is 0.381. The molecule has 2 rings (SSSR count). The van der Waals surface area contributed by atoms with Crippen molar-refractivity contribution in [3.63, 3.8) is 0 Å². The Balaban J connectivity index is 1.97. The Morgan fingerprint density at radius 3 is 2.47 bits per heavy atom. The van der Waals surface area contributed by atoms with Crippen molar-refractivity contribution in [2.45, 2.75) is 40.2 Å². The van der Waals surface area contributed by atoms with E-state index in [1.54, 1.807) is 19.2 Å². The van der Waals surface area contributed by atoms with Crippen LogP contribution in [-0.4, -0.2) is 31.3 Å². The Bertz CT molecular complexity index is 921. The average Bonchev–Trinajstić information content (AvgIpc) is 2.77. The van der Waals surface area contributed by atoms with Gasteiger partial charge >= 0.3 is 0 Å². The van der Waals surface area contributed by atoms with E-state index in [4.69, 9.17) is 26.4 Å². The Morgan fingerprint density at radius 2 is 1.78 bits per heavy atom. The van der Waals surface area contributed by atoms with Crippen LogP contribution in [0, 0.1) is 5.92 Å². The minimum absolute atomic E-state index is 0.230. The molecule has 2 aromatic rings. The summed E-state index contributed by atoms with van der Waals surface area (Å²) in [6, 6.07) is 11.0. The fourth-order valence-corrected chi connectivity index (χ4v) is 3.29. The summed E-state index contributed by atoms with van der Waals surface area (Å²) in [7, 11) is 1.61. The fraction of sp³-hybridized carbons (Fsp3) is 0.417. The van der Waals surface area contributed by atoms with Crippen LogP contribution in [0.5, 0.6) is 17.2 Å². The maximum Gasteiger partial charge on any atom is 0.261 e. The molecule has 0 aliphatic rings. The summed E-state index contributed by atoms with van der Waals surface area (Å²) in [4.78, 5) is 12.8. The van der Waals surface area contributed by atoms with Gasteiger partial charge in [0.15, 0.2) is 16.6 Å². The second-order valence-corrected chi connectivity index (χ2v) is 8.97. The molecule has 174 valence electrons. The SMILES string of the molecule is CCCOc1ccc(CNC(=S)NC(=O)c2cc(Br)ccc2OCCC(C)C)cc1OC. The van der Waals surface area contributed by atoms with Crippen molar-refractivity contribution in [2.75, 3.05) is 20.3 Å². The predicted octanol–water partition coefficient (Wildman–Crippen LogP) is 5.48. The number of nitrogens with one attached hydrogen (secondary N) is 2. The van der Waals surface area contributed by atoms with Gasteiger partial charge in [-0.15, -0.1) is 0 Å². The van der Waals surface area contributed by atoms with Crippen LogP contribution in [0.25, 0.3) is 0 Å². The number of halogens is 1. The Kier molecular flexibility index (Phi) is 10.8. The molecular weight excluding hydrogens is 492 g/mol. The molecule has 8 heteroatoms. The van der Waals surface area contributed by atoms with Gasteiger partial charge in [-0.1, -0.05) is 42.8 Å². The van der Waals surface area contributed by atoms with Gasteiger partial charge in [0.2, 0.25) is 0 Å². The van der Waals surface area contributed by atoms with Crippen LogP contribution in [0.1, 0.15) is 49.5 Å². The standard InChI is InChI=1S/C24H31BrN2O4S/c1-5-11-30-21-8-6-17(13-22(21)29-4)15-26-24(32)27-23(28)19-14-18(25)7-9-20(19)31-12-10-16(2)3/h6-9,13-14,16H,5,10-12,15H2,1-4H3,(H2,26,27,28,32). The number of thiocarbonyl (C=S) groups is 1. The maximum absolute atomic E-state index is 12.8. The van der Waals surface area contributed by atoms with Crippen LogP contribution < -0.4 is 24.8 Å². The van der Waals surface area contributed by atoms with E-state index in [0.29, 0.717) is 48.5 Å². The van der Waals surface area contributed by atoms with E-state index in [-0.39, 0.29) is 11.0 Å². The van der Waals surface area contributed by atoms with Gasteiger partial charge in [0.25, 0.3) is 5.91 Å². The number of hydrogen-bond acceptors (Lipinski definition) is 5. The second kappa shape index (κ2) is 13.3. The van der Waals surface area contributed by atoms with Gasteiger partial charge in [-0.2, -0.15) is 0 Å². The van der Waals surface area contributed by atoms with Crippen molar-refractivity contribution in [2.24, 2.45) is 5.92 Å². The van der Waals surface area contributed by atoms with Crippen molar-refractivity contribution in [3.8, 4) is 17.2 Å². The largest absolute Gasteiger partial charge is 0.493 e. The summed E-state index contributed by atoms with van der Waals surface area (Å²) in [5, 5.41) is 6.01. The lowest BCUT2D eigenvalue weighted by molar-refractivity contribution is 0.0972. The molecule has 0 saturated carbocycles. The summed E-state index contributed by atoms with van der Waals surface area (Å²) < 4.78 is 17.7. The average molecular weight is 523 g/mol. The highest BCUT2D eigenvalue weighted by Crippen LogP contribution is 2.28. The number of rotatable bonds is 11. The van der Waals surface area contributed by atoms with Crippen molar-refractivity contribution < 1.29 is 19.0 Å². The molecule has 32 heavy (non-hydrogen) atoms. The molecule has 0 fully saturated rings. The third-order valence-corrected chi connectivity index (χ3v) is 5.25. The van der Waals surface area contributed by atoms with Crippen LogP contribution in [0.3, 0.4) is 0 Å². The van der Waals surface area contributed by atoms with Crippen LogP contribution in [0.15, 0.2) is 40.9 Å². The number of methoxy groups -OCH3 is 1. The van der Waals surface area contributed by atoms with Crippen molar-refractivity contribution in [1.29, 1.82) is 0 Å². The first-order valence-electron chi connectivity index (χ1n) is 10.6. The molecule has 0 unspecified atom stereocenters. The lowest BCUT2D eigenvalue weighted by Gasteiger charge is -2.15. The van der Waals surface area contributed by atoms with E-state index >= 15 is 0 Å². The van der Waals surface area contributed by atoms with Gasteiger partial charge in [-0.25, -0.2) is 0 Å². The first kappa shape index (κ1) is 25.9. The normalized spacial score (nSPS) is 10.6. The van der Waals surface area contributed by atoms with E-state index in [1.165, 1.54) is 0 Å². The second-order valence-electron chi connectivity index (χ2n) is 7.64. The summed E-state index contributed by atoms with van der Waals surface area (Å²) in [6.45, 7) is 7.91.